The van der Waals surface area contributed by atoms with Gasteiger partial charge in [-0.3, -0.25) is 9.59 Å². The molecule has 2 aliphatic rings. The number of carbonyl (C=O) groups excluding carboxylic acids is 2. The Balaban J connectivity index is 1.62. The van der Waals surface area contributed by atoms with E-state index in [-0.39, 0.29) is 22.5 Å². The van der Waals surface area contributed by atoms with Crippen molar-refractivity contribution in [1.82, 2.24) is 15.5 Å². The molecule has 25 heavy (non-hydrogen) atoms. The first kappa shape index (κ1) is 18.5. The summed E-state index contributed by atoms with van der Waals surface area (Å²) in [4.78, 5) is 26.9. The minimum absolute atomic E-state index is 0.0854. The number of fused-ring (bicyclic) bond motifs is 2. The van der Waals surface area contributed by atoms with Gasteiger partial charge < -0.3 is 15.5 Å². The Labute approximate surface area is 158 Å². The summed E-state index contributed by atoms with van der Waals surface area (Å²) in [5, 5.41) is 6.82. The number of likely N-dealkylation sites (N-methyl/N-ethyl adjacent to an activating group) is 1. The lowest BCUT2D eigenvalue weighted by atomic mass is 9.98. The lowest BCUT2D eigenvalue weighted by Gasteiger charge is -2.36. The normalized spacial score (nSPS) is 26.2. The van der Waals surface area contributed by atoms with E-state index in [0.29, 0.717) is 17.1 Å². The molecular weight excluding hydrogens is 361 g/mol. The Hall–Kier alpha value is -1.30. The number of halogens is 2. The van der Waals surface area contributed by atoms with E-state index in [1.165, 1.54) is 12.8 Å². The second-order valence-corrected chi connectivity index (χ2v) is 7.79. The largest absolute Gasteiger partial charge is 0.341 e. The third-order valence-electron chi connectivity index (χ3n) is 5.26. The van der Waals surface area contributed by atoms with Crippen molar-refractivity contribution >= 4 is 35.0 Å². The summed E-state index contributed by atoms with van der Waals surface area (Å²) in [6, 6.07) is 5.49. The van der Waals surface area contributed by atoms with E-state index >= 15 is 0 Å². The van der Waals surface area contributed by atoms with Crippen molar-refractivity contribution < 1.29 is 9.59 Å². The predicted octanol–water partition coefficient (Wildman–Crippen LogP) is 2.85. The van der Waals surface area contributed by atoms with E-state index in [2.05, 4.69) is 10.6 Å². The maximum Gasteiger partial charge on any atom is 0.253 e. The van der Waals surface area contributed by atoms with Crippen LogP contribution >= 0.6 is 23.2 Å². The van der Waals surface area contributed by atoms with Crippen LogP contribution in [0.2, 0.25) is 10.0 Å². The van der Waals surface area contributed by atoms with Crippen molar-refractivity contribution in [2.75, 3.05) is 7.05 Å². The molecule has 2 saturated heterocycles. The topological polar surface area (TPSA) is 61.4 Å². The Morgan fingerprint density at radius 1 is 1.24 bits per heavy atom. The maximum atomic E-state index is 12.7. The quantitative estimate of drug-likeness (QED) is 0.839. The first-order valence-electron chi connectivity index (χ1n) is 8.64. The minimum Gasteiger partial charge on any atom is -0.341 e. The maximum absolute atomic E-state index is 12.7. The van der Waals surface area contributed by atoms with Crippen LogP contribution in [-0.4, -0.2) is 47.9 Å². The van der Waals surface area contributed by atoms with Crippen molar-refractivity contribution in [3.63, 3.8) is 0 Å². The van der Waals surface area contributed by atoms with Crippen LogP contribution in [0.25, 0.3) is 0 Å². The smallest absolute Gasteiger partial charge is 0.253 e. The first-order valence-corrected chi connectivity index (χ1v) is 9.40. The molecule has 0 aliphatic carbocycles. The molecule has 2 bridgehead atoms. The van der Waals surface area contributed by atoms with E-state index in [4.69, 9.17) is 23.2 Å². The molecule has 2 heterocycles. The molecule has 1 aromatic carbocycles. The van der Waals surface area contributed by atoms with Gasteiger partial charge in [-0.2, -0.15) is 0 Å². The minimum atomic E-state index is -0.625. The van der Waals surface area contributed by atoms with Crippen molar-refractivity contribution in [2.24, 2.45) is 0 Å². The molecule has 0 saturated carbocycles. The predicted molar refractivity (Wildman–Crippen MR) is 99.1 cm³/mol. The van der Waals surface area contributed by atoms with Crippen LogP contribution in [0.3, 0.4) is 0 Å². The average molecular weight is 384 g/mol. The molecule has 5 nitrogen and oxygen atoms in total. The number of benzene rings is 1. The first-order chi connectivity index (χ1) is 11.9. The van der Waals surface area contributed by atoms with Gasteiger partial charge in [-0.25, -0.2) is 0 Å². The zero-order valence-electron chi connectivity index (χ0n) is 14.4. The Bertz CT molecular complexity index is 670. The number of carbonyl (C=O) groups is 2. The molecule has 2 amide bonds. The van der Waals surface area contributed by atoms with E-state index in [1.807, 2.05) is 7.05 Å². The van der Waals surface area contributed by atoms with Gasteiger partial charge in [-0.15, -0.1) is 0 Å². The fraction of sp³-hybridized carbons (Fsp3) is 0.556. The molecule has 0 spiro atoms. The zero-order valence-corrected chi connectivity index (χ0v) is 15.9. The molecule has 0 aromatic heterocycles. The van der Waals surface area contributed by atoms with Crippen molar-refractivity contribution in [3.05, 3.63) is 33.8 Å². The van der Waals surface area contributed by atoms with Crippen molar-refractivity contribution in [1.29, 1.82) is 0 Å². The molecular formula is C18H23Cl2N3O2. The summed E-state index contributed by atoms with van der Waals surface area (Å²) >= 11 is 12.0. The molecule has 0 radical (unpaired) electrons. The van der Waals surface area contributed by atoms with Gasteiger partial charge in [0.15, 0.2) is 0 Å². The molecule has 3 atom stereocenters. The van der Waals surface area contributed by atoms with Crippen LogP contribution in [0.5, 0.6) is 0 Å². The summed E-state index contributed by atoms with van der Waals surface area (Å²) in [6.45, 7) is 1.70. The number of rotatable bonds is 4. The highest BCUT2D eigenvalue weighted by atomic mass is 35.5. The van der Waals surface area contributed by atoms with E-state index < -0.39 is 11.9 Å². The SMILES string of the molecule is CC(NC(=O)c1cccc(Cl)c1Cl)C(=O)N(C)C1CC2CCC(C1)N2. The Morgan fingerprint density at radius 3 is 2.52 bits per heavy atom. The van der Waals surface area contributed by atoms with E-state index in [1.54, 1.807) is 30.0 Å². The molecule has 2 fully saturated rings. The molecule has 2 aliphatic heterocycles. The molecule has 3 unspecified atom stereocenters. The number of nitrogens with zero attached hydrogens (tertiary/aromatic N) is 1. The van der Waals surface area contributed by atoms with Crippen LogP contribution < -0.4 is 10.6 Å². The molecule has 7 heteroatoms. The highest BCUT2D eigenvalue weighted by Gasteiger charge is 2.37. The highest BCUT2D eigenvalue weighted by Crippen LogP contribution is 2.29. The highest BCUT2D eigenvalue weighted by molar-refractivity contribution is 6.43. The number of hydrogen-bond acceptors (Lipinski definition) is 3. The van der Waals surface area contributed by atoms with Gasteiger partial charge in [-0.05, 0) is 44.7 Å². The van der Waals surface area contributed by atoms with Crippen LogP contribution in [0, 0.1) is 0 Å². The van der Waals surface area contributed by atoms with Crippen LogP contribution in [0.15, 0.2) is 18.2 Å². The zero-order chi connectivity index (χ0) is 18.1. The van der Waals surface area contributed by atoms with Crippen molar-refractivity contribution in [2.45, 2.75) is 56.8 Å². The van der Waals surface area contributed by atoms with Gasteiger partial charge in [0.2, 0.25) is 5.91 Å². The Kier molecular flexibility index (Phi) is 5.56. The third kappa shape index (κ3) is 3.94. The Morgan fingerprint density at radius 2 is 1.88 bits per heavy atom. The summed E-state index contributed by atoms with van der Waals surface area (Å²) < 4.78 is 0. The molecule has 136 valence electrons. The van der Waals surface area contributed by atoms with Crippen LogP contribution in [-0.2, 0) is 4.79 Å². The van der Waals surface area contributed by atoms with Gasteiger partial charge in [0, 0.05) is 25.2 Å². The molecule has 3 rings (SSSR count). The number of hydrogen-bond donors (Lipinski definition) is 2. The van der Waals surface area contributed by atoms with E-state index in [9.17, 15) is 9.59 Å². The summed E-state index contributed by atoms with van der Waals surface area (Å²) in [6.07, 6.45) is 4.31. The van der Waals surface area contributed by atoms with Gasteiger partial charge >= 0.3 is 0 Å². The van der Waals surface area contributed by atoms with Gasteiger partial charge in [-0.1, -0.05) is 29.3 Å². The van der Waals surface area contributed by atoms with Gasteiger partial charge in [0.1, 0.15) is 6.04 Å². The van der Waals surface area contributed by atoms with Gasteiger partial charge in [0.05, 0.1) is 15.6 Å². The fourth-order valence-corrected chi connectivity index (χ4v) is 4.23. The number of nitrogens with one attached hydrogen (secondary N) is 2. The fourth-order valence-electron chi connectivity index (χ4n) is 3.84. The van der Waals surface area contributed by atoms with E-state index in [0.717, 1.165) is 12.8 Å². The standard InChI is InChI=1S/C18H23Cl2N3O2/c1-10(21-17(24)14-4-3-5-15(19)16(14)20)18(25)23(2)13-8-11-6-7-12(9-13)22-11/h3-5,10-13,22H,6-9H2,1-2H3,(H,21,24). The monoisotopic (exact) mass is 383 g/mol. The number of amides is 2. The molecule has 1 aromatic rings. The summed E-state index contributed by atoms with van der Waals surface area (Å²) in [5.41, 5.74) is 0.274. The average Bonchev–Trinajstić information content (AvgIpc) is 2.93. The molecule has 2 N–H and O–H groups in total. The summed E-state index contributed by atoms with van der Waals surface area (Å²) in [5.74, 6) is -0.482. The second kappa shape index (κ2) is 7.52. The third-order valence-corrected chi connectivity index (χ3v) is 6.08. The lowest BCUT2D eigenvalue weighted by molar-refractivity contribution is -0.134. The van der Waals surface area contributed by atoms with Crippen molar-refractivity contribution in [3.8, 4) is 0 Å². The second-order valence-electron chi connectivity index (χ2n) is 7.01. The lowest BCUT2D eigenvalue weighted by Crippen LogP contribution is -2.53. The van der Waals surface area contributed by atoms with Gasteiger partial charge in [0.25, 0.3) is 5.91 Å². The summed E-state index contributed by atoms with van der Waals surface area (Å²) in [7, 11) is 1.83. The van der Waals surface area contributed by atoms with Crippen LogP contribution in [0.1, 0.15) is 43.0 Å². The number of piperidine rings is 1. The van der Waals surface area contributed by atoms with Crippen LogP contribution in [0.4, 0.5) is 0 Å².